The van der Waals surface area contributed by atoms with E-state index in [9.17, 15) is 18.3 Å². The molecule has 1 saturated carbocycles. The lowest BCUT2D eigenvalue weighted by molar-refractivity contribution is -0.193. The number of alkyl halides is 3. The summed E-state index contributed by atoms with van der Waals surface area (Å²) < 4.78 is 44.3. The highest BCUT2D eigenvalue weighted by atomic mass is 19.4. The van der Waals surface area contributed by atoms with Crippen molar-refractivity contribution in [1.82, 2.24) is 0 Å². The summed E-state index contributed by atoms with van der Waals surface area (Å²) in [6, 6.07) is 5.59. The van der Waals surface area contributed by atoms with Crippen LogP contribution in [0, 0.1) is 12.8 Å². The molecule has 0 amide bonds. The lowest BCUT2D eigenvalue weighted by atomic mass is 9.73. The van der Waals surface area contributed by atoms with Crippen molar-refractivity contribution < 1.29 is 23.0 Å². The highest BCUT2D eigenvalue weighted by Gasteiger charge is 2.49. The Morgan fingerprint density at radius 1 is 1.24 bits per heavy atom. The Hall–Kier alpha value is -1.23. The van der Waals surface area contributed by atoms with Crippen molar-refractivity contribution >= 4 is 0 Å². The maximum atomic E-state index is 12.8. The fourth-order valence-corrected chi connectivity index (χ4v) is 3.54. The Morgan fingerprint density at radius 2 is 1.90 bits per heavy atom. The van der Waals surface area contributed by atoms with E-state index in [1.54, 1.807) is 0 Å². The molecule has 116 valence electrons. The molecule has 1 heterocycles. The van der Waals surface area contributed by atoms with Gasteiger partial charge in [0.25, 0.3) is 0 Å². The second-order valence-electron chi connectivity index (χ2n) is 6.36. The van der Waals surface area contributed by atoms with E-state index in [1.165, 1.54) is 0 Å². The molecule has 1 atom stereocenters. The van der Waals surface area contributed by atoms with Crippen molar-refractivity contribution in [3.8, 4) is 5.75 Å². The van der Waals surface area contributed by atoms with Crippen LogP contribution in [-0.2, 0) is 0 Å². The van der Waals surface area contributed by atoms with Gasteiger partial charge in [0.2, 0.25) is 0 Å². The van der Waals surface area contributed by atoms with E-state index < -0.39 is 23.8 Å². The van der Waals surface area contributed by atoms with Crippen LogP contribution in [0.15, 0.2) is 18.2 Å². The Morgan fingerprint density at radius 3 is 2.52 bits per heavy atom. The number of benzene rings is 1. The van der Waals surface area contributed by atoms with Gasteiger partial charge < -0.3 is 9.84 Å². The van der Waals surface area contributed by atoms with Gasteiger partial charge in [-0.05, 0) is 44.7 Å². The number of ether oxygens (including phenoxy) is 1. The lowest BCUT2D eigenvalue weighted by Crippen LogP contribution is -2.46. The van der Waals surface area contributed by atoms with Crippen LogP contribution in [0.3, 0.4) is 0 Å². The molecule has 1 spiro atoms. The van der Waals surface area contributed by atoms with E-state index in [1.807, 2.05) is 25.1 Å². The molecule has 2 aliphatic rings. The second kappa shape index (κ2) is 4.90. The van der Waals surface area contributed by atoms with Crippen molar-refractivity contribution in [2.75, 3.05) is 0 Å². The van der Waals surface area contributed by atoms with E-state index in [0.29, 0.717) is 25.0 Å². The Kier molecular flexibility index (Phi) is 3.43. The molecule has 2 nitrogen and oxygen atoms in total. The molecule has 1 aliphatic heterocycles. The maximum Gasteiger partial charge on any atom is 0.391 e. The van der Waals surface area contributed by atoms with Crippen molar-refractivity contribution in [2.24, 2.45) is 5.92 Å². The fraction of sp³-hybridized carbons (Fsp3) is 0.625. The number of rotatable bonds is 0. The van der Waals surface area contributed by atoms with Crippen molar-refractivity contribution in [2.45, 2.75) is 56.9 Å². The highest BCUT2D eigenvalue weighted by molar-refractivity contribution is 5.41. The van der Waals surface area contributed by atoms with Crippen molar-refractivity contribution in [3.05, 3.63) is 29.3 Å². The highest BCUT2D eigenvalue weighted by Crippen LogP contribution is 2.49. The molecule has 3 rings (SSSR count). The molecular formula is C16H19F3O2. The van der Waals surface area contributed by atoms with Gasteiger partial charge in [-0.3, -0.25) is 0 Å². The molecule has 1 aromatic rings. The summed E-state index contributed by atoms with van der Waals surface area (Å²) in [6.07, 6.45) is -3.54. The van der Waals surface area contributed by atoms with E-state index in [-0.39, 0.29) is 12.8 Å². The fourth-order valence-electron chi connectivity index (χ4n) is 3.54. The summed E-state index contributed by atoms with van der Waals surface area (Å²) in [5, 5.41) is 10.3. The van der Waals surface area contributed by atoms with Crippen LogP contribution in [0.5, 0.6) is 5.75 Å². The van der Waals surface area contributed by atoms with Crippen LogP contribution < -0.4 is 4.74 Å². The van der Waals surface area contributed by atoms with Gasteiger partial charge in [0.15, 0.2) is 0 Å². The van der Waals surface area contributed by atoms with Gasteiger partial charge in [0.05, 0.1) is 12.0 Å². The third kappa shape index (κ3) is 2.76. The normalized spacial score (nSPS) is 32.6. The zero-order chi connectivity index (χ0) is 15.3. The topological polar surface area (TPSA) is 29.5 Å². The third-order valence-corrected chi connectivity index (χ3v) is 4.78. The first-order valence-electron chi connectivity index (χ1n) is 7.33. The van der Waals surface area contributed by atoms with Gasteiger partial charge in [-0.1, -0.05) is 11.6 Å². The quantitative estimate of drug-likeness (QED) is 0.774. The van der Waals surface area contributed by atoms with Crippen LogP contribution in [0.25, 0.3) is 0 Å². The molecule has 0 aromatic heterocycles. The first kappa shape index (κ1) is 14.7. The van der Waals surface area contributed by atoms with Gasteiger partial charge in [0, 0.05) is 12.0 Å². The monoisotopic (exact) mass is 300 g/mol. The summed E-state index contributed by atoms with van der Waals surface area (Å²) >= 11 is 0. The largest absolute Gasteiger partial charge is 0.487 e. The minimum atomic E-state index is -4.12. The van der Waals surface area contributed by atoms with E-state index >= 15 is 0 Å². The smallest absolute Gasteiger partial charge is 0.391 e. The van der Waals surface area contributed by atoms with Crippen LogP contribution in [0.1, 0.15) is 49.3 Å². The predicted octanol–water partition coefficient (Wildman–Crippen LogP) is 4.30. The van der Waals surface area contributed by atoms with E-state index in [2.05, 4.69) is 0 Å². The van der Waals surface area contributed by atoms with E-state index in [0.717, 1.165) is 11.1 Å². The molecule has 1 fully saturated rings. The Bertz CT molecular complexity index is 531. The number of aliphatic hydroxyl groups excluding tert-OH is 1. The third-order valence-electron chi connectivity index (χ3n) is 4.78. The summed E-state index contributed by atoms with van der Waals surface area (Å²) in [4.78, 5) is 0. The average Bonchev–Trinajstić information content (AvgIpc) is 2.39. The number of halogens is 3. The first-order valence-corrected chi connectivity index (χ1v) is 7.33. The van der Waals surface area contributed by atoms with Crippen LogP contribution in [-0.4, -0.2) is 16.9 Å². The zero-order valence-electron chi connectivity index (χ0n) is 11.9. The van der Waals surface area contributed by atoms with Gasteiger partial charge in [-0.2, -0.15) is 13.2 Å². The summed E-state index contributed by atoms with van der Waals surface area (Å²) in [5.74, 6) is -0.618. The van der Waals surface area contributed by atoms with Gasteiger partial charge >= 0.3 is 6.18 Å². The Balaban J connectivity index is 1.79. The molecule has 0 bridgehead atoms. The summed E-state index contributed by atoms with van der Waals surface area (Å²) in [7, 11) is 0. The van der Waals surface area contributed by atoms with E-state index in [4.69, 9.17) is 4.74 Å². The number of fused-ring (bicyclic) bond motifs is 1. The molecule has 5 heteroatoms. The summed E-state index contributed by atoms with van der Waals surface area (Å²) in [6.45, 7) is 1.94. The molecule has 1 aliphatic carbocycles. The standard InChI is InChI=1S/C16H19F3O2/c1-10-2-3-14-12(8-10)13(20)9-15(21-14)6-4-11(5-7-15)16(17,18)19/h2-3,8,11,13,20H,4-7,9H2,1H3/t11?,13-,15?/m0/s1. The van der Waals surface area contributed by atoms with Crippen LogP contribution >= 0.6 is 0 Å². The molecule has 0 radical (unpaired) electrons. The minimum Gasteiger partial charge on any atom is -0.487 e. The average molecular weight is 300 g/mol. The molecule has 1 aromatic carbocycles. The number of aliphatic hydroxyl groups is 1. The maximum absolute atomic E-state index is 12.8. The predicted molar refractivity (Wildman–Crippen MR) is 72.1 cm³/mol. The van der Waals surface area contributed by atoms with Crippen LogP contribution in [0.4, 0.5) is 13.2 Å². The zero-order valence-corrected chi connectivity index (χ0v) is 11.9. The number of hydrogen-bond donors (Lipinski definition) is 1. The Labute approximate surface area is 121 Å². The second-order valence-corrected chi connectivity index (χ2v) is 6.36. The lowest BCUT2D eigenvalue weighted by Gasteiger charge is -2.45. The number of aryl methyl sites for hydroxylation is 1. The molecule has 0 unspecified atom stereocenters. The first-order chi connectivity index (χ1) is 9.79. The van der Waals surface area contributed by atoms with Crippen molar-refractivity contribution in [3.63, 3.8) is 0 Å². The SMILES string of the molecule is Cc1ccc2c(c1)[C@@H](O)CC1(CCC(C(F)(F)F)CC1)O2. The van der Waals surface area contributed by atoms with Gasteiger partial charge in [-0.25, -0.2) is 0 Å². The molecule has 21 heavy (non-hydrogen) atoms. The number of hydrogen-bond acceptors (Lipinski definition) is 2. The van der Waals surface area contributed by atoms with Crippen LogP contribution in [0.2, 0.25) is 0 Å². The minimum absolute atomic E-state index is 0.0808. The van der Waals surface area contributed by atoms with Gasteiger partial charge in [0.1, 0.15) is 11.4 Å². The summed E-state index contributed by atoms with van der Waals surface area (Å²) in [5.41, 5.74) is 1.15. The van der Waals surface area contributed by atoms with Gasteiger partial charge in [-0.15, -0.1) is 0 Å². The molecular weight excluding hydrogens is 281 g/mol. The van der Waals surface area contributed by atoms with Crippen molar-refractivity contribution in [1.29, 1.82) is 0 Å². The molecule has 1 N–H and O–H groups in total. The molecule has 0 saturated heterocycles.